The summed E-state index contributed by atoms with van der Waals surface area (Å²) in [5.41, 5.74) is 6.31. The average molecular weight is 299 g/mol. The van der Waals surface area contributed by atoms with Crippen molar-refractivity contribution in [3.8, 4) is 6.07 Å². The lowest BCUT2D eigenvalue weighted by Gasteiger charge is -2.32. The molecule has 23 heavy (non-hydrogen) atoms. The van der Waals surface area contributed by atoms with Gasteiger partial charge in [0, 0.05) is 23.8 Å². The zero-order chi connectivity index (χ0) is 15.8. The summed E-state index contributed by atoms with van der Waals surface area (Å²) >= 11 is 0. The van der Waals surface area contributed by atoms with E-state index in [1.807, 2.05) is 0 Å². The maximum Gasteiger partial charge on any atom is 0.103 e. The first kappa shape index (κ1) is 13.8. The summed E-state index contributed by atoms with van der Waals surface area (Å²) in [4.78, 5) is 6.76. The van der Waals surface area contributed by atoms with E-state index in [9.17, 15) is 5.26 Å². The second kappa shape index (κ2) is 5.40. The molecule has 1 aliphatic heterocycles. The first-order valence-corrected chi connectivity index (χ1v) is 7.93. The third-order valence-corrected chi connectivity index (χ3v) is 4.50. The molecule has 2 heterocycles. The second-order valence-corrected chi connectivity index (χ2v) is 6.04. The van der Waals surface area contributed by atoms with Gasteiger partial charge < -0.3 is 4.90 Å². The van der Waals surface area contributed by atoms with Gasteiger partial charge >= 0.3 is 0 Å². The summed E-state index contributed by atoms with van der Waals surface area (Å²) in [7, 11) is 0. The number of aromatic nitrogens is 1. The first-order valence-electron chi connectivity index (χ1n) is 7.93. The summed E-state index contributed by atoms with van der Waals surface area (Å²) in [5.74, 6) is 0. The fraction of sp³-hybridized carbons (Fsp3) is 0.200. The van der Waals surface area contributed by atoms with Gasteiger partial charge in [0.25, 0.3) is 0 Å². The Kier molecular flexibility index (Phi) is 3.24. The van der Waals surface area contributed by atoms with Crippen molar-refractivity contribution in [1.29, 1.82) is 5.26 Å². The lowest BCUT2D eigenvalue weighted by molar-refractivity contribution is 0.767. The van der Waals surface area contributed by atoms with Crippen LogP contribution in [0.3, 0.4) is 0 Å². The first-order chi connectivity index (χ1) is 11.3. The van der Waals surface area contributed by atoms with Crippen LogP contribution in [-0.2, 0) is 6.42 Å². The Morgan fingerprint density at radius 3 is 2.91 bits per heavy atom. The van der Waals surface area contributed by atoms with E-state index in [1.165, 1.54) is 16.8 Å². The van der Waals surface area contributed by atoms with Gasteiger partial charge in [0.2, 0.25) is 0 Å². The van der Waals surface area contributed by atoms with E-state index in [2.05, 4.69) is 65.3 Å². The van der Waals surface area contributed by atoms with Crippen LogP contribution in [0.4, 0.5) is 11.4 Å². The number of rotatable bonds is 1. The van der Waals surface area contributed by atoms with Gasteiger partial charge in [0.15, 0.2) is 0 Å². The molecule has 0 radical (unpaired) electrons. The predicted octanol–water partition coefficient (Wildman–Crippen LogP) is 4.50. The van der Waals surface area contributed by atoms with Gasteiger partial charge in [-0.3, -0.25) is 4.98 Å². The molecule has 2 aromatic carbocycles. The van der Waals surface area contributed by atoms with Crippen LogP contribution in [0.2, 0.25) is 0 Å². The predicted molar refractivity (Wildman–Crippen MR) is 93.0 cm³/mol. The number of pyridine rings is 1. The Morgan fingerprint density at radius 2 is 2.04 bits per heavy atom. The van der Waals surface area contributed by atoms with Crippen molar-refractivity contribution in [2.45, 2.75) is 19.8 Å². The number of aryl methyl sites for hydroxylation is 2. The van der Waals surface area contributed by atoms with Crippen molar-refractivity contribution in [3.05, 3.63) is 65.4 Å². The van der Waals surface area contributed by atoms with E-state index in [-0.39, 0.29) is 0 Å². The van der Waals surface area contributed by atoms with E-state index in [0.29, 0.717) is 5.56 Å². The molecule has 0 unspecified atom stereocenters. The number of benzene rings is 2. The molecule has 3 heteroatoms. The van der Waals surface area contributed by atoms with Gasteiger partial charge in [0.1, 0.15) is 6.07 Å². The zero-order valence-electron chi connectivity index (χ0n) is 13.1. The SMILES string of the molecule is Cc1ccc2c(N3CCCc4ccccc43)c(C#N)cnc2c1. The van der Waals surface area contributed by atoms with Gasteiger partial charge in [-0.25, -0.2) is 0 Å². The highest BCUT2D eigenvalue weighted by Gasteiger charge is 2.22. The van der Waals surface area contributed by atoms with Crippen molar-refractivity contribution >= 4 is 22.3 Å². The molecule has 3 aromatic rings. The molecule has 1 aromatic heterocycles. The molecule has 0 amide bonds. The molecule has 0 saturated carbocycles. The van der Waals surface area contributed by atoms with Crippen molar-refractivity contribution in [2.24, 2.45) is 0 Å². The van der Waals surface area contributed by atoms with Crippen LogP contribution in [0.15, 0.2) is 48.7 Å². The Hall–Kier alpha value is -2.86. The van der Waals surface area contributed by atoms with Crippen molar-refractivity contribution in [3.63, 3.8) is 0 Å². The van der Waals surface area contributed by atoms with E-state index >= 15 is 0 Å². The largest absolute Gasteiger partial charge is 0.340 e. The molecule has 4 rings (SSSR count). The Labute approximate surface area is 135 Å². The Morgan fingerprint density at radius 1 is 1.17 bits per heavy atom. The summed E-state index contributed by atoms with van der Waals surface area (Å²) in [6.45, 7) is 2.99. The maximum absolute atomic E-state index is 9.59. The van der Waals surface area contributed by atoms with Crippen LogP contribution in [0.5, 0.6) is 0 Å². The minimum Gasteiger partial charge on any atom is -0.340 e. The topological polar surface area (TPSA) is 39.9 Å². The molecule has 0 bridgehead atoms. The van der Waals surface area contributed by atoms with E-state index < -0.39 is 0 Å². The Bertz CT molecular complexity index is 937. The van der Waals surface area contributed by atoms with Crippen LogP contribution in [0, 0.1) is 18.3 Å². The quantitative estimate of drug-likeness (QED) is 0.664. The molecule has 1 aliphatic rings. The van der Waals surface area contributed by atoms with E-state index in [4.69, 9.17) is 0 Å². The average Bonchev–Trinajstić information content (AvgIpc) is 2.60. The monoisotopic (exact) mass is 299 g/mol. The number of para-hydroxylation sites is 1. The van der Waals surface area contributed by atoms with Gasteiger partial charge in [-0.1, -0.05) is 30.3 Å². The second-order valence-electron chi connectivity index (χ2n) is 6.04. The molecular formula is C20H17N3. The highest BCUT2D eigenvalue weighted by Crippen LogP contribution is 2.38. The maximum atomic E-state index is 9.59. The van der Waals surface area contributed by atoms with E-state index in [1.54, 1.807) is 6.20 Å². The van der Waals surface area contributed by atoms with Gasteiger partial charge in [-0.2, -0.15) is 5.26 Å². The lowest BCUT2D eigenvalue weighted by atomic mass is 9.99. The van der Waals surface area contributed by atoms with Crippen LogP contribution in [0.1, 0.15) is 23.1 Å². The fourth-order valence-corrected chi connectivity index (χ4v) is 3.43. The lowest BCUT2D eigenvalue weighted by Crippen LogP contribution is -2.25. The number of nitriles is 1. The van der Waals surface area contributed by atoms with Gasteiger partial charge in [-0.15, -0.1) is 0 Å². The van der Waals surface area contributed by atoms with Gasteiger partial charge in [0.05, 0.1) is 16.8 Å². The highest BCUT2D eigenvalue weighted by atomic mass is 15.1. The molecule has 3 nitrogen and oxygen atoms in total. The zero-order valence-corrected chi connectivity index (χ0v) is 13.1. The molecule has 0 aliphatic carbocycles. The molecule has 0 atom stereocenters. The summed E-state index contributed by atoms with van der Waals surface area (Å²) < 4.78 is 0. The van der Waals surface area contributed by atoms with Crippen LogP contribution in [0.25, 0.3) is 10.9 Å². The third-order valence-electron chi connectivity index (χ3n) is 4.50. The standard InChI is InChI=1S/C20H17N3/c1-14-8-9-17-18(11-14)22-13-16(12-21)20(17)23-10-4-6-15-5-2-3-7-19(15)23/h2-3,5,7-9,11,13H,4,6,10H2,1H3. The smallest absolute Gasteiger partial charge is 0.103 e. The number of nitrogens with zero attached hydrogens (tertiary/aromatic N) is 3. The van der Waals surface area contributed by atoms with E-state index in [0.717, 1.165) is 36.0 Å². The molecule has 0 saturated heterocycles. The van der Waals surface area contributed by atoms with Crippen molar-refractivity contribution in [2.75, 3.05) is 11.4 Å². The van der Waals surface area contributed by atoms with Crippen LogP contribution in [-0.4, -0.2) is 11.5 Å². The number of hydrogen-bond donors (Lipinski definition) is 0. The molecular weight excluding hydrogens is 282 g/mol. The molecule has 0 fully saturated rings. The number of fused-ring (bicyclic) bond motifs is 2. The number of hydrogen-bond acceptors (Lipinski definition) is 3. The summed E-state index contributed by atoms with van der Waals surface area (Å²) in [5, 5.41) is 10.6. The highest BCUT2D eigenvalue weighted by molar-refractivity contribution is 5.97. The van der Waals surface area contributed by atoms with Crippen molar-refractivity contribution in [1.82, 2.24) is 4.98 Å². The minimum absolute atomic E-state index is 0.637. The fourth-order valence-electron chi connectivity index (χ4n) is 3.43. The minimum atomic E-state index is 0.637. The Balaban J connectivity index is 2.01. The molecule has 0 N–H and O–H groups in total. The number of anilines is 2. The normalized spacial score (nSPS) is 13.7. The summed E-state index contributed by atoms with van der Waals surface area (Å²) in [6, 6.07) is 17.1. The molecule has 0 spiro atoms. The third kappa shape index (κ3) is 2.24. The summed E-state index contributed by atoms with van der Waals surface area (Å²) in [6.07, 6.45) is 3.89. The van der Waals surface area contributed by atoms with Crippen molar-refractivity contribution < 1.29 is 0 Å². The van der Waals surface area contributed by atoms with Gasteiger partial charge in [-0.05, 0) is 43.0 Å². The molecule has 112 valence electrons. The van der Waals surface area contributed by atoms with Crippen LogP contribution < -0.4 is 4.90 Å². The van der Waals surface area contributed by atoms with Crippen LogP contribution >= 0.6 is 0 Å².